The largest absolute Gasteiger partial charge is 0.468 e. The van der Waals surface area contributed by atoms with E-state index in [-0.39, 0.29) is 17.5 Å². The Morgan fingerprint density at radius 3 is 2.93 bits per heavy atom. The Morgan fingerprint density at radius 2 is 2.29 bits per heavy atom. The Bertz CT molecular complexity index is 339. The molecule has 76 valence electrons. The fraction of sp³-hybridized carbons (Fsp3) is 0.300. The summed E-state index contributed by atoms with van der Waals surface area (Å²) in [6.45, 7) is 1.87. The average Bonchev–Trinajstić information content (AvgIpc) is 2.19. The van der Waals surface area contributed by atoms with E-state index in [1.807, 2.05) is 6.92 Å². The summed E-state index contributed by atoms with van der Waals surface area (Å²) in [5.74, 6) is -0.387. The van der Waals surface area contributed by atoms with Crippen molar-refractivity contribution in [1.82, 2.24) is 0 Å². The molecule has 0 aliphatic rings. The van der Waals surface area contributed by atoms with Crippen LogP contribution in [0.3, 0.4) is 0 Å². The summed E-state index contributed by atoms with van der Waals surface area (Å²) in [4.78, 5) is 11.6. The topological polar surface area (TPSA) is 26.3 Å². The number of esters is 1. The molecule has 1 rings (SSSR count). The maximum Gasteiger partial charge on any atom is 0.315 e. The Morgan fingerprint density at radius 1 is 1.57 bits per heavy atom. The number of hydrogen-bond donors (Lipinski definition) is 0. The van der Waals surface area contributed by atoms with E-state index in [0.29, 0.717) is 0 Å². The minimum absolute atomic E-state index is 0.209. The van der Waals surface area contributed by atoms with Gasteiger partial charge < -0.3 is 4.74 Å². The predicted octanol–water partition coefficient (Wildman–Crippen LogP) is 2.40. The number of aryl methyl sites for hydroxylation is 1. The molecule has 0 spiro atoms. The monoisotopic (exact) mass is 214 g/mol. The van der Waals surface area contributed by atoms with Crippen molar-refractivity contribution in [3.8, 4) is 0 Å². The zero-order chi connectivity index (χ0) is 10.6. The third-order valence-corrected chi connectivity index (χ3v) is 2.85. The summed E-state index contributed by atoms with van der Waals surface area (Å²) in [7, 11) is 1.33. The van der Waals surface area contributed by atoms with Crippen molar-refractivity contribution in [1.29, 1.82) is 0 Å². The molecule has 4 heteroatoms. The van der Waals surface area contributed by atoms with Gasteiger partial charge in [0.15, 0.2) is 0 Å². The van der Waals surface area contributed by atoms with E-state index in [4.69, 9.17) is 0 Å². The number of thioether (sulfide) groups is 1. The predicted molar refractivity (Wildman–Crippen MR) is 53.9 cm³/mol. The quantitative estimate of drug-likeness (QED) is 0.571. The summed E-state index contributed by atoms with van der Waals surface area (Å²) in [6.07, 6.45) is 0. The van der Waals surface area contributed by atoms with Gasteiger partial charge in [-0.1, -0.05) is 6.07 Å². The number of carbonyl (C=O) groups is 1. The van der Waals surface area contributed by atoms with Crippen molar-refractivity contribution in [3.63, 3.8) is 0 Å². The van der Waals surface area contributed by atoms with E-state index in [0.717, 1.165) is 10.5 Å². The van der Waals surface area contributed by atoms with Crippen molar-refractivity contribution < 1.29 is 13.9 Å². The highest BCUT2D eigenvalue weighted by Crippen LogP contribution is 2.23. The normalized spacial score (nSPS) is 9.93. The lowest BCUT2D eigenvalue weighted by Crippen LogP contribution is -2.03. The summed E-state index contributed by atoms with van der Waals surface area (Å²) < 4.78 is 17.3. The summed E-state index contributed by atoms with van der Waals surface area (Å²) in [6, 6.07) is 4.51. The first kappa shape index (κ1) is 11.0. The van der Waals surface area contributed by atoms with Crippen LogP contribution in [0.4, 0.5) is 4.39 Å². The molecule has 0 fully saturated rings. The lowest BCUT2D eigenvalue weighted by Gasteiger charge is -2.04. The molecule has 0 atom stereocenters. The lowest BCUT2D eigenvalue weighted by atomic mass is 10.2. The van der Waals surface area contributed by atoms with E-state index >= 15 is 0 Å². The zero-order valence-electron chi connectivity index (χ0n) is 8.04. The van der Waals surface area contributed by atoms with Crippen molar-refractivity contribution in [2.75, 3.05) is 12.9 Å². The molecule has 0 N–H and O–H groups in total. The molecule has 1 aromatic rings. The Hall–Kier alpha value is -1.03. The van der Waals surface area contributed by atoms with Gasteiger partial charge in [-0.3, -0.25) is 4.79 Å². The number of ether oxygens (including phenoxy) is 1. The number of carbonyl (C=O) groups excluding carboxylic acids is 1. The molecule has 0 heterocycles. The van der Waals surface area contributed by atoms with Crippen LogP contribution in [-0.2, 0) is 9.53 Å². The zero-order valence-corrected chi connectivity index (χ0v) is 8.86. The van der Waals surface area contributed by atoms with E-state index in [9.17, 15) is 9.18 Å². The number of hydrogen-bond acceptors (Lipinski definition) is 3. The standard InChI is InChI=1S/C10H11FO2S/c1-7-3-4-8(11)5-9(7)14-6-10(12)13-2/h3-5H,6H2,1-2H3. The molecule has 0 aliphatic heterocycles. The highest BCUT2D eigenvalue weighted by atomic mass is 32.2. The highest BCUT2D eigenvalue weighted by Gasteiger charge is 2.05. The van der Waals surface area contributed by atoms with Gasteiger partial charge in [-0.2, -0.15) is 0 Å². The Balaban J connectivity index is 2.66. The van der Waals surface area contributed by atoms with Crippen LogP contribution in [0.15, 0.2) is 23.1 Å². The van der Waals surface area contributed by atoms with Crippen LogP contribution < -0.4 is 0 Å². The van der Waals surface area contributed by atoms with Crippen molar-refractivity contribution in [2.24, 2.45) is 0 Å². The number of halogens is 1. The lowest BCUT2D eigenvalue weighted by molar-refractivity contribution is -0.137. The average molecular weight is 214 g/mol. The highest BCUT2D eigenvalue weighted by molar-refractivity contribution is 8.00. The Labute approximate surface area is 86.5 Å². The van der Waals surface area contributed by atoms with Crippen LogP contribution in [0.2, 0.25) is 0 Å². The van der Waals surface area contributed by atoms with Crippen molar-refractivity contribution in [2.45, 2.75) is 11.8 Å². The molecule has 0 aromatic heterocycles. The van der Waals surface area contributed by atoms with Gasteiger partial charge in [-0.25, -0.2) is 4.39 Å². The van der Waals surface area contributed by atoms with Gasteiger partial charge >= 0.3 is 5.97 Å². The number of rotatable bonds is 3. The minimum Gasteiger partial charge on any atom is -0.468 e. The summed E-state index contributed by atoms with van der Waals surface area (Å²) >= 11 is 1.28. The molecule has 0 aliphatic carbocycles. The smallest absolute Gasteiger partial charge is 0.315 e. The van der Waals surface area contributed by atoms with Gasteiger partial charge in [0.1, 0.15) is 5.82 Å². The molecule has 0 amide bonds. The number of methoxy groups -OCH3 is 1. The number of benzene rings is 1. The molecule has 0 unspecified atom stereocenters. The van der Waals surface area contributed by atoms with Crippen LogP contribution in [0.25, 0.3) is 0 Å². The molecular weight excluding hydrogens is 203 g/mol. The summed E-state index contributed by atoms with van der Waals surface area (Å²) in [5, 5.41) is 0. The first-order valence-corrected chi connectivity index (χ1v) is 5.08. The molecule has 2 nitrogen and oxygen atoms in total. The summed E-state index contributed by atoms with van der Waals surface area (Å²) in [5.41, 5.74) is 0.959. The fourth-order valence-corrected chi connectivity index (χ4v) is 1.81. The maximum atomic E-state index is 12.8. The molecule has 0 saturated carbocycles. The van der Waals surface area contributed by atoms with Gasteiger partial charge in [-0.15, -0.1) is 11.8 Å². The third kappa shape index (κ3) is 3.03. The van der Waals surface area contributed by atoms with Crippen LogP contribution in [0.5, 0.6) is 0 Å². The van der Waals surface area contributed by atoms with Crippen LogP contribution in [0, 0.1) is 12.7 Å². The second-order valence-corrected chi connectivity index (χ2v) is 3.79. The van der Waals surface area contributed by atoms with Crippen molar-refractivity contribution in [3.05, 3.63) is 29.6 Å². The van der Waals surface area contributed by atoms with Crippen LogP contribution >= 0.6 is 11.8 Å². The molecule has 0 bridgehead atoms. The van der Waals surface area contributed by atoms with E-state index in [1.165, 1.54) is 31.0 Å². The second-order valence-electron chi connectivity index (χ2n) is 2.77. The minimum atomic E-state index is -0.307. The van der Waals surface area contributed by atoms with Crippen LogP contribution in [-0.4, -0.2) is 18.8 Å². The fourth-order valence-electron chi connectivity index (χ4n) is 0.925. The van der Waals surface area contributed by atoms with E-state index < -0.39 is 0 Å². The van der Waals surface area contributed by atoms with Gasteiger partial charge in [-0.05, 0) is 24.6 Å². The second kappa shape index (κ2) is 5.00. The SMILES string of the molecule is COC(=O)CSc1cc(F)ccc1C. The van der Waals surface area contributed by atoms with Gasteiger partial charge in [0.25, 0.3) is 0 Å². The molecule has 14 heavy (non-hydrogen) atoms. The first-order chi connectivity index (χ1) is 6.63. The Kier molecular flexibility index (Phi) is 3.95. The van der Waals surface area contributed by atoms with Crippen molar-refractivity contribution >= 4 is 17.7 Å². The first-order valence-electron chi connectivity index (χ1n) is 4.09. The van der Waals surface area contributed by atoms with E-state index in [1.54, 1.807) is 6.07 Å². The van der Waals surface area contributed by atoms with Gasteiger partial charge in [0.05, 0.1) is 12.9 Å². The van der Waals surface area contributed by atoms with Crippen LogP contribution in [0.1, 0.15) is 5.56 Å². The van der Waals surface area contributed by atoms with E-state index in [2.05, 4.69) is 4.74 Å². The van der Waals surface area contributed by atoms with Gasteiger partial charge in [0, 0.05) is 4.90 Å². The molecule has 1 aromatic carbocycles. The third-order valence-electron chi connectivity index (χ3n) is 1.72. The van der Waals surface area contributed by atoms with Gasteiger partial charge in [0.2, 0.25) is 0 Å². The molecular formula is C10H11FO2S. The molecule has 0 radical (unpaired) electrons. The molecule has 0 saturated heterocycles. The maximum absolute atomic E-state index is 12.8.